The molecule has 118 valence electrons. The van der Waals surface area contributed by atoms with Gasteiger partial charge < -0.3 is 15.2 Å². The van der Waals surface area contributed by atoms with E-state index < -0.39 is 0 Å². The maximum Gasteiger partial charge on any atom is 0.276 e. The number of ether oxygens (including phenoxy) is 1. The van der Waals surface area contributed by atoms with Crippen molar-refractivity contribution < 1.29 is 14.6 Å². The van der Waals surface area contributed by atoms with Crippen LogP contribution in [0.25, 0.3) is 0 Å². The first-order chi connectivity index (χ1) is 10.7. The molecule has 1 aromatic heterocycles. The minimum atomic E-state index is -0.286. The molecule has 0 fully saturated rings. The van der Waals surface area contributed by atoms with E-state index in [1.807, 2.05) is 6.92 Å². The predicted octanol–water partition coefficient (Wildman–Crippen LogP) is 2.51. The summed E-state index contributed by atoms with van der Waals surface area (Å²) in [6, 6.07) is 6.92. The normalized spacial score (nSPS) is 10.5. The highest BCUT2D eigenvalue weighted by atomic mass is 16.5. The highest BCUT2D eigenvalue weighted by Gasteiger charge is 2.12. The van der Waals surface area contributed by atoms with Crippen molar-refractivity contribution in [1.29, 1.82) is 0 Å². The van der Waals surface area contributed by atoms with Crippen LogP contribution >= 0.6 is 0 Å². The smallest absolute Gasteiger partial charge is 0.276 e. The Morgan fingerprint density at radius 2 is 2.18 bits per heavy atom. The number of amides is 1. The maximum absolute atomic E-state index is 12.2. The van der Waals surface area contributed by atoms with Crippen LogP contribution in [0.5, 0.6) is 5.75 Å². The summed E-state index contributed by atoms with van der Waals surface area (Å²) in [5, 5.41) is 19.0. The molecule has 0 unspecified atom stereocenters. The summed E-state index contributed by atoms with van der Waals surface area (Å²) in [5.74, 6) is 0.333. The number of hydrogen-bond acceptors (Lipinski definition) is 4. The van der Waals surface area contributed by atoms with E-state index in [0.717, 1.165) is 18.5 Å². The molecule has 0 aliphatic rings. The van der Waals surface area contributed by atoms with Crippen LogP contribution in [-0.4, -0.2) is 27.8 Å². The van der Waals surface area contributed by atoms with Crippen LogP contribution in [0.15, 0.2) is 24.3 Å². The van der Waals surface area contributed by atoms with Gasteiger partial charge in [0.2, 0.25) is 0 Å². The van der Waals surface area contributed by atoms with Crippen molar-refractivity contribution in [2.45, 2.75) is 33.3 Å². The van der Waals surface area contributed by atoms with Gasteiger partial charge in [-0.3, -0.25) is 9.89 Å². The molecule has 2 aromatic rings. The van der Waals surface area contributed by atoms with E-state index in [2.05, 4.69) is 22.4 Å². The first-order valence-electron chi connectivity index (χ1n) is 7.40. The molecule has 0 atom stereocenters. The second-order valence-corrected chi connectivity index (χ2v) is 4.90. The minimum Gasteiger partial charge on any atom is -0.494 e. The van der Waals surface area contributed by atoms with Gasteiger partial charge in [0, 0.05) is 16.9 Å². The van der Waals surface area contributed by atoms with E-state index in [9.17, 15) is 9.90 Å². The monoisotopic (exact) mass is 303 g/mol. The zero-order valence-corrected chi connectivity index (χ0v) is 12.8. The second kappa shape index (κ2) is 7.61. The molecule has 0 bridgehead atoms. The van der Waals surface area contributed by atoms with Gasteiger partial charge in [0.05, 0.1) is 13.2 Å². The highest BCUT2D eigenvalue weighted by Crippen LogP contribution is 2.23. The van der Waals surface area contributed by atoms with E-state index in [4.69, 9.17) is 4.74 Å². The molecule has 22 heavy (non-hydrogen) atoms. The third kappa shape index (κ3) is 3.85. The number of aliphatic hydroxyl groups excluding tert-OH is 1. The predicted molar refractivity (Wildman–Crippen MR) is 84.1 cm³/mol. The van der Waals surface area contributed by atoms with Crippen LogP contribution in [-0.2, 0) is 13.0 Å². The number of hydrogen-bond donors (Lipinski definition) is 3. The molecule has 0 saturated heterocycles. The van der Waals surface area contributed by atoms with Crippen molar-refractivity contribution in [2.24, 2.45) is 0 Å². The Hall–Kier alpha value is -2.34. The lowest BCUT2D eigenvalue weighted by molar-refractivity contribution is 0.102. The first-order valence-corrected chi connectivity index (χ1v) is 7.40. The minimum absolute atomic E-state index is 0.151. The molecule has 0 saturated carbocycles. The van der Waals surface area contributed by atoms with Crippen molar-refractivity contribution in [3.63, 3.8) is 0 Å². The van der Waals surface area contributed by atoms with E-state index in [0.29, 0.717) is 29.3 Å². The van der Waals surface area contributed by atoms with Crippen molar-refractivity contribution in [3.8, 4) is 5.75 Å². The molecule has 0 radical (unpaired) electrons. The number of rotatable bonds is 7. The molecule has 0 aliphatic heterocycles. The fourth-order valence-electron chi connectivity index (χ4n) is 2.15. The summed E-state index contributed by atoms with van der Waals surface area (Å²) < 4.78 is 5.41. The van der Waals surface area contributed by atoms with Crippen molar-refractivity contribution in [2.75, 3.05) is 11.9 Å². The average molecular weight is 303 g/mol. The fourth-order valence-corrected chi connectivity index (χ4v) is 2.15. The Labute approximate surface area is 129 Å². The van der Waals surface area contributed by atoms with Gasteiger partial charge in [0.25, 0.3) is 5.91 Å². The standard InChI is InChI=1S/C16H21N3O3/c1-3-5-13-9-14(19-18-13)16(21)17-12-6-7-15(22-4-2)11(8-12)10-20/h6-9,20H,3-5,10H2,1-2H3,(H,17,21)(H,18,19). The summed E-state index contributed by atoms with van der Waals surface area (Å²) in [6.45, 7) is 4.31. The third-order valence-electron chi connectivity index (χ3n) is 3.17. The number of aromatic nitrogens is 2. The summed E-state index contributed by atoms with van der Waals surface area (Å²) in [6.07, 6.45) is 1.85. The van der Waals surface area contributed by atoms with Crippen LogP contribution in [0.1, 0.15) is 42.0 Å². The van der Waals surface area contributed by atoms with Crippen LogP contribution in [0.3, 0.4) is 0 Å². The van der Waals surface area contributed by atoms with Gasteiger partial charge in [-0.2, -0.15) is 5.10 Å². The summed E-state index contributed by atoms with van der Waals surface area (Å²) in [4.78, 5) is 12.2. The first kappa shape index (κ1) is 16.0. The van der Waals surface area contributed by atoms with Gasteiger partial charge in [-0.1, -0.05) is 13.3 Å². The lowest BCUT2D eigenvalue weighted by Crippen LogP contribution is -2.12. The van der Waals surface area contributed by atoms with Gasteiger partial charge in [-0.05, 0) is 37.6 Å². The third-order valence-corrected chi connectivity index (χ3v) is 3.17. The topological polar surface area (TPSA) is 87.2 Å². The van der Waals surface area contributed by atoms with Gasteiger partial charge in [-0.15, -0.1) is 0 Å². The number of benzene rings is 1. The molecule has 1 amide bonds. The molecule has 6 heteroatoms. The number of H-pyrrole nitrogens is 1. The largest absolute Gasteiger partial charge is 0.494 e. The molecule has 1 aromatic carbocycles. The maximum atomic E-state index is 12.2. The molecular formula is C16H21N3O3. The molecule has 3 N–H and O–H groups in total. The number of aliphatic hydroxyl groups is 1. The van der Waals surface area contributed by atoms with E-state index >= 15 is 0 Å². The van der Waals surface area contributed by atoms with E-state index in [1.54, 1.807) is 24.3 Å². The average Bonchev–Trinajstić information content (AvgIpc) is 2.98. The van der Waals surface area contributed by atoms with Crippen molar-refractivity contribution >= 4 is 11.6 Å². The fraction of sp³-hybridized carbons (Fsp3) is 0.375. The Balaban J connectivity index is 2.10. The number of anilines is 1. The number of carbonyl (C=O) groups excluding carboxylic acids is 1. The van der Waals surface area contributed by atoms with Crippen LogP contribution in [0, 0.1) is 0 Å². The zero-order valence-electron chi connectivity index (χ0n) is 12.8. The Morgan fingerprint density at radius 3 is 2.86 bits per heavy atom. The van der Waals surface area contributed by atoms with Crippen molar-refractivity contribution in [1.82, 2.24) is 10.2 Å². The van der Waals surface area contributed by atoms with Gasteiger partial charge in [-0.25, -0.2) is 0 Å². The summed E-state index contributed by atoms with van der Waals surface area (Å²) >= 11 is 0. The second-order valence-electron chi connectivity index (χ2n) is 4.90. The molecule has 6 nitrogen and oxygen atoms in total. The van der Waals surface area contributed by atoms with Gasteiger partial charge in [0.1, 0.15) is 5.75 Å². The Bertz CT molecular complexity index is 637. The molecule has 2 rings (SSSR count). The summed E-state index contributed by atoms with van der Waals surface area (Å²) in [5.41, 5.74) is 2.52. The lowest BCUT2D eigenvalue weighted by atomic mass is 10.2. The lowest BCUT2D eigenvalue weighted by Gasteiger charge is -2.10. The van der Waals surface area contributed by atoms with Gasteiger partial charge >= 0.3 is 0 Å². The van der Waals surface area contributed by atoms with Crippen LogP contribution in [0.4, 0.5) is 5.69 Å². The molecule has 0 aliphatic carbocycles. The quantitative estimate of drug-likeness (QED) is 0.733. The summed E-state index contributed by atoms with van der Waals surface area (Å²) in [7, 11) is 0. The molecule has 1 heterocycles. The number of nitrogens with one attached hydrogen (secondary N) is 2. The number of nitrogens with zero attached hydrogens (tertiary/aromatic N) is 1. The van der Waals surface area contributed by atoms with Crippen molar-refractivity contribution in [3.05, 3.63) is 41.2 Å². The molecule has 0 spiro atoms. The highest BCUT2D eigenvalue weighted by molar-refractivity contribution is 6.03. The van der Waals surface area contributed by atoms with Crippen LogP contribution < -0.4 is 10.1 Å². The van der Waals surface area contributed by atoms with Gasteiger partial charge in [0.15, 0.2) is 5.69 Å². The number of aromatic amines is 1. The molecular weight excluding hydrogens is 282 g/mol. The number of carbonyl (C=O) groups is 1. The van der Waals surface area contributed by atoms with E-state index in [-0.39, 0.29) is 12.5 Å². The van der Waals surface area contributed by atoms with Crippen LogP contribution in [0.2, 0.25) is 0 Å². The Kier molecular flexibility index (Phi) is 5.55. The van der Waals surface area contributed by atoms with E-state index in [1.165, 1.54) is 0 Å². The zero-order chi connectivity index (χ0) is 15.9. The Morgan fingerprint density at radius 1 is 1.36 bits per heavy atom. The number of aryl methyl sites for hydroxylation is 1. The SMILES string of the molecule is CCCc1cc(C(=O)Nc2ccc(OCC)c(CO)c2)n[nH]1.